The van der Waals surface area contributed by atoms with Gasteiger partial charge in [-0.2, -0.15) is 5.26 Å². The number of halogens is 1. The van der Waals surface area contributed by atoms with Crippen LogP contribution in [-0.4, -0.2) is 32.0 Å². The van der Waals surface area contributed by atoms with E-state index in [1.807, 2.05) is 13.0 Å². The number of nitrogens with zero attached hydrogens (tertiary/aromatic N) is 1. The Labute approximate surface area is 136 Å². The molecule has 1 N–H and O–H groups in total. The summed E-state index contributed by atoms with van der Waals surface area (Å²) < 4.78 is 24.8. The maximum absolute atomic E-state index is 13.4. The van der Waals surface area contributed by atoms with Crippen molar-refractivity contribution < 1.29 is 13.9 Å². The Balaban J connectivity index is 1.65. The highest BCUT2D eigenvalue weighted by atomic mass is 19.1. The third-order valence-corrected chi connectivity index (χ3v) is 5.28. The molecule has 2 atom stereocenters. The summed E-state index contributed by atoms with van der Waals surface area (Å²) in [5, 5.41) is 12.5. The van der Waals surface area contributed by atoms with Gasteiger partial charge in [0.15, 0.2) is 0 Å². The molecule has 1 aliphatic heterocycles. The molecule has 5 heteroatoms. The van der Waals surface area contributed by atoms with Crippen LogP contribution in [0.2, 0.25) is 0 Å². The van der Waals surface area contributed by atoms with Crippen LogP contribution in [0.3, 0.4) is 0 Å². The monoisotopic (exact) mass is 318 g/mol. The van der Waals surface area contributed by atoms with Crippen molar-refractivity contribution in [1.82, 2.24) is 5.32 Å². The van der Waals surface area contributed by atoms with Crippen molar-refractivity contribution in [2.45, 2.75) is 44.9 Å². The molecule has 2 aliphatic rings. The normalized spacial score (nSPS) is 25.8. The van der Waals surface area contributed by atoms with Gasteiger partial charge in [-0.15, -0.1) is 0 Å². The molecule has 0 radical (unpaired) electrons. The molecule has 0 aromatic heterocycles. The minimum atomic E-state index is -0.461. The summed E-state index contributed by atoms with van der Waals surface area (Å²) in [5.74, 6) is -0.461. The van der Waals surface area contributed by atoms with Crippen molar-refractivity contribution in [3.05, 3.63) is 35.1 Å². The van der Waals surface area contributed by atoms with Gasteiger partial charge in [-0.3, -0.25) is 0 Å². The Kier molecular flexibility index (Phi) is 4.96. The third kappa shape index (κ3) is 3.12. The molecule has 2 fully saturated rings. The second-order valence-electron chi connectivity index (χ2n) is 6.38. The molecule has 124 valence electrons. The summed E-state index contributed by atoms with van der Waals surface area (Å²) in [7, 11) is 0. The molecule has 1 aromatic carbocycles. The van der Waals surface area contributed by atoms with Crippen LogP contribution in [0.15, 0.2) is 18.2 Å². The summed E-state index contributed by atoms with van der Waals surface area (Å²) in [6.45, 7) is 4.99. The van der Waals surface area contributed by atoms with Gasteiger partial charge in [0.2, 0.25) is 0 Å². The van der Waals surface area contributed by atoms with Crippen LogP contribution in [0.1, 0.15) is 37.3 Å². The van der Waals surface area contributed by atoms with Crippen LogP contribution in [-0.2, 0) is 16.0 Å². The van der Waals surface area contributed by atoms with Crippen LogP contribution < -0.4 is 5.32 Å². The zero-order chi connectivity index (χ0) is 16.3. The maximum atomic E-state index is 13.4. The van der Waals surface area contributed by atoms with Gasteiger partial charge < -0.3 is 14.8 Å². The van der Waals surface area contributed by atoms with Crippen molar-refractivity contribution in [2.75, 3.05) is 19.8 Å². The summed E-state index contributed by atoms with van der Waals surface area (Å²) in [6, 6.07) is 7.00. The second kappa shape index (κ2) is 6.96. The predicted molar refractivity (Wildman–Crippen MR) is 84.3 cm³/mol. The van der Waals surface area contributed by atoms with Crippen molar-refractivity contribution in [2.24, 2.45) is 5.41 Å². The van der Waals surface area contributed by atoms with Crippen molar-refractivity contribution in [3.63, 3.8) is 0 Å². The lowest BCUT2D eigenvalue weighted by Gasteiger charge is -2.57. The Hall–Kier alpha value is -1.48. The van der Waals surface area contributed by atoms with Crippen molar-refractivity contribution in [3.8, 4) is 6.07 Å². The van der Waals surface area contributed by atoms with Gasteiger partial charge in [-0.25, -0.2) is 4.39 Å². The van der Waals surface area contributed by atoms with Crippen LogP contribution in [0.5, 0.6) is 0 Å². The van der Waals surface area contributed by atoms with Crippen LogP contribution >= 0.6 is 0 Å². The quantitative estimate of drug-likeness (QED) is 0.907. The van der Waals surface area contributed by atoms with E-state index in [9.17, 15) is 4.39 Å². The van der Waals surface area contributed by atoms with Crippen LogP contribution in [0.4, 0.5) is 4.39 Å². The zero-order valence-electron chi connectivity index (χ0n) is 13.5. The fourth-order valence-corrected chi connectivity index (χ4v) is 3.90. The molecule has 0 unspecified atom stereocenters. The largest absolute Gasteiger partial charge is 0.381 e. The summed E-state index contributed by atoms with van der Waals surface area (Å²) in [6.07, 6.45) is 3.33. The van der Waals surface area contributed by atoms with E-state index in [1.54, 1.807) is 12.1 Å². The summed E-state index contributed by atoms with van der Waals surface area (Å²) in [4.78, 5) is 0. The molecular formula is C18H23FN2O2. The van der Waals surface area contributed by atoms with Gasteiger partial charge in [0.25, 0.3) is 0 Å². The molecule has 1 saturated heterocycles. The Morgan fingerprint density at radius 3 is 2.91 bits per heavy atom. The van der Waals surface area contributed by atoms with Crippen molar-refractivity contribution in [1.29, 1.82) is 5.26 Å². The van der Waals surface area contributed by atoms with E-state index < -0.39 is 5.82 Å². The number of nitriles is 1. The number of nitrogens with one attached hydrogen (secondary N) is 1. The molecule has 1 aromatic rings. The number of rotatable bonds is 5. The first-order valence-electron chi connectivity index (χ1n) is 8.31. The smallest absolute Gasteiger partial charge is 0.140 e. The van der Waals surface area contributed by atoms with Gasteiger partial charge >= 0.3 is 0 Å². The SMILES string of the molecule is CCO[C@H]1C[C@@H](NCc2ccc(F)c(C#N)c2)C12CCOCC2. The van der Waals surface area contributed by atoms with Crippen molar-refractivity contribution >= 4 is 0 Å². The molecule has 1 aliphatic carbocycles. The lowest BCUT2D eigenvalue weighted by Crippen LogP contribution is -2.65. The number of benzene rings is 1. The molecular weight excluding hydrogens is 295 g/mol. The minimum absolute atomic E-state index is 0.103. The molecule has 1 saturated carbocycles. The third-order valence-electron chi connectivity index (χ3n) is 5.28. The van der Waals surface area contributed by atoms with Crippen LogP contribution in [0.25, 0.3) is 0 Å². The highest BCUT2D eigenvalue weighted by Crippen LogP contribution is 2.50. The van der Waals surface area contributed by atoms with E-state index in [0.29, 0.717) is 18.7 Å². The average molecular weight is 318 g/mol. The maximum Gasteiger partial charge on any atom is 0.140 e. The molecule has 1 spiro atoms. The molecule has 0 amide bonds. The van der Waals surface area contributed by atoms with Gasteiger partial charge in [0.05, 0.1) is 11.7 Å². The molecule has 4 nitrogen and oxygen atoms in total. The first-order valence-corrected chi connectivity index (χ1v) is 8.31. The van der Waals surface area contributed by atoms with Gasteiger partial charge in [-0.05, 0) is 43.9 Å². The zero-order valence-corrected chi connectivity index (χ0v) is 13.5. The first-order chi connectivity index (χ1) is 11.2. The topological polar surface area (TPSA) is 54.3 Å². The molecule has 1 heterocycles. The van der Waals surface area contributed by atoms with E-state index in [4.69, 9.17) is 14.7 Å². The molecule has 23 heavy (non-hydrogen) atoms. The molecule has 3 rings (SSSR count). The number of ether oxygens (including phenoxy) is 2. The minimum Gasteiger partial charge on any atom is -0.381 e. The van der Waals surface area contributed by atoms with Gasteiger partial charge in [-0.1, -0.05) is 6.07 Å². The summed E-state index contributed by atoms with van der Waals surface area (Å²) in [5.41, 5.74) is 1.20. The van der Waals surface area contributed by atoms with E-state index in [0.717, 1.165) is 44.6 Å². The van der Waals surface area contributed by atoms with E-state index in [2.05, 4.69) is 5.32 Å². The lowest BCUT2D eigenvalue weighted by molar-refractivity contribution is -0.173. The van der Waals surface area contributed by atoms with E-state index >= 15 is 0 Å². The highest BCUT2D eigenvalue weighted by Gasteiger charge is 2.55. The van der Waals surface area contributed by atoms with E-state index in [1.165, 1.54) is 6.07 Å². The van der Waals surface area contributed by atoms with Gasteiger partial charge in [0.1, 0.15) is 11.9 Å². The fourth-order valence-electron chi connectivity index (χ4n) is 3.90. The Morgan fingerprint density at radius 1 is 1.43 bits per heavy atom. The lowest BCUT2D eigenvalue weighted by atomic mass is 9.57. The average Bonchev–Trinajstić information content (AvgIpc) is 2.59. The summed E-state index contributed by atoms with van der Waals surface area (Å²) >= 11 is 0. The predicted octanol–water partition coefficient (Wildman–Crippen LogP) is 2.76. The standard InChI is InChI=1S/C18H23FN2O2/c1-2-23-17-10-16(18(17)5-7-22-8-6-18)21-12-13-3-4-15(19)14(9-13)11-20/h3-4,9,16-17,21H,2,5-8,10,12H2,1H3/t16-,17+/m1/s1. The fraction of sp³-hybridized carbons (Fsp3) is 0.611. The first kappa shape index (κ1) is 16.4. The van der Waals surface area contributed by atoms with Crippen LogP contribution in [0, 0.1) is 22.6 Å². The highest BCUT2D eigenvalue weighted by molar-refractivity contribution is 5.34. The number of hydrogen-bond donors (Lipinski definition) is 1. The Bertz CT molecular complexity index is 593. The van der Waals surface area contributed by atoms with Gasteiger partial charge in [0, 0.05) is 37.8 Å². The Morgan fingerprint density at radius 2 is 2.22 bits per heavy atom. The number of hydrogen-bond acceptors (Lipinski definition) is 4. The molecule has 0 bridgehead atoms. The van der Waals surface area contributed by atoms with E-state index in [-0.39, 0.29) is 11.0 Å². The second-order valence-corrected chi connectivity index (χ2v) is 6.38.